The Morgan fingerprint density at radius 3 is 3.04 bits per heavy atom. The Morgan fingerprint density at radius 2 is 2.35 bits per heavy atom. The molecule has 0 radical (unpaired) electrons. The zero-order chi connectivity index (χ0) is 16.1. The number of rotatable bonds is 8. The van der Waals surface area contributed by atoms with E-state index in [0.29, 0.717) is 0 Å². The normalized spacial score (nSPS) is 18.1. The van der Waals surface area contributed by atoms with Crippen LogP contribution in [0, 0.1) is 12.8 Å². The number of nitrogens with one attached hydrogen (secondary N) is 1. The summed E-state index contributed by atoms with van der Waals surface area (Å²) in [5.74, 6) is 0.758. The lowest BCUT2D eigenvalue weighted by molar-refractivity contribution is 0.222. The number of nitrogens with zero attached hydrogens (tertiary/aromatic N) is 4. The average molecular weight is 334 g/mol. The zero-order valence-corrected chi connectivity index (χ0v) is 15.0. The molecule has 1 aliphatic rings. The van der Waals surface area contributed by atoms with Gasteiger partial charge in [-0.05, 0) is 38.8 Å². The van der Waals surface area contributed by atoms with Crippen LogP contribution in [-0.4, -0.2) is 39.3 Å². The maximum absolute atomic E-state index is 4.47. The maximum atomic E-state index is 4.47. The highest BCUT2D eigenvalue weighted by Crippen LogP contribution is 2.19. The van der Waals surface area contributed by atoms with Gasteiger partial charge in [0.1, 0.15) is 0 Å². The van der Waals surface area contributed by atoms with E-state index < -0.39 is 0 Å². The molecule has 1 saturated heterocycles. The first-order valence-corrected chi connectivity index (χ1v) is 9.46. The van der Waals surface area contributed by atoms with E-state index in [2.05, 4.69) is 45.0 Å². The van der Waals surface area contributed by atoms with Crippen LogP contribution in [0.5, 0.6) is 0 Å². The first-order chi connectivity index (χ1) is 11.2. The van der Waals surface area contributed by atoms with Crippen molar-refractivity contribution in [2.45, 2.75) is 46.3 Å². The van der Waals surface area contributed by atoms with Crippen molar-refractivity contribution in [1.29, 1.82) is 0 Å². The van der Waals surface area contributed by atoms with Gasteiger partial charge in [-0.1, -0.05) is 6.92 Å². The summed E-state index contributed by atoms with van der Waals surface area (Å²) in [7, 11) is 0. The van der Waals surface area contributed by atoms with Gasteiger partial charge in [-0.15, -0.1) is 11.3 Å². The van der Waals surface area contributed by atoms with Crippen molar-refractivity contribution in [2.75, 3.05) is 19.6 Å². The van der Waals surface area contributed by atoms with E-state index >= 15 is 0 Å². The van der Waals surface area contributed by atoms with Crippen LogP contribution in [0.25, 0.3) is 0 Å². The highest BCUT2D eigenvalue weighted by Gasteiger charge is 2.20. The summed E-state index contributed by atoms with van der Waals surface area (Å²) in [6.45, 7) is 10.7. The van der Waals surface area contributed by atoms with Crippen LogP contribution >= 0.6 is 11.3 Å². The van der Waals surface area contributed by atoms with Crippen molar-refractivity contribution in [3.05, 3.63) is 34.0 Å². The van der Waals surface area contributed by atoms with Crippen LogP contribution in [0.15, 0.2) is 17.9 Å². The molecule has 1 fully saturated rings. The zero-order valence-electron chi connectivity index (χ0n) is 14.2. The molecule has 0 unspecified atom stereocenters. The Labute approximate surface area is 142 Å². The van der Waals surface area contributed by atoms with Gasteiger partial charge in [-0.25, -0.2) is 4.98 Å². The molecule has 2 aromatic rings. The van der Waals surface area contributed by atoms with E-state index in [-0.39, 0.29) is 0 Å². The predicted octanol–water partition coefficient (Wildman–Crippen LogP) is 2.67. The number of hydrogen-bond acceptors (Lipinski definition) is 5. The predicted molar refractivity (Wildman–Crippen MR) is 94.5 cm³/mol. The minimum absolute atomic E-state index is 0.758. The summed E-state index contributed by atoms with van der Waals surface area (Å²) in [4.78, 5) is 8.35. The Kier molecular flexibility index (Phi) is 5.80. The Balaban J connectivity index is 1.66. The molecule has 0 aromatic carbocycles. The number of aryl methyl sites for hydroxylation is 2. The summed E-state index contributed by atoms with van der Waals surface area (Å²) in [5.41, 5.74) is 4.44. The number of aromatic nitrogens is 3. The van der Waals surface area contributed by atoms with E-state index in [9.17, 15) is 0 Å². The fraction of sp³-hybridized carbons (Fsp3) is 0.647. The second-order valence-electron chi connectivity index (χ2n) is 6.50. The Morgan fingerprint density at radius 1 is 1.43 bits per heavy atom. The standard InChI is InChI=1S/C17H27N5S/c1-3-6-22-11-16(8-20-22)10-21(9-15-4-5-18-7-15)12-17-14(2)19-13-23-17/h8,11,13,15,18H,3-7,9-10,12H2,1-2H3/t15-/m1/s1. The smallest absolute Gasteiger partial charge is 0.0798 e. The summed E-state index contributed by atoms with van der Waals surface area (Å²) in [6.07, 6.45) is 6.63. The van der Waals surface area contributed by atoms with Crippen molar-refractivity contribution in [1.82, 2.24) is 25.0 Å². The molecule has 0 amide bonds. The van der Waals surface area contributed by atoms with Crippen molar-refractivity contribution >= 4 is 11.3 Å². The van der Waals surface area contributed by atoms with Crippen molar-refractivity contribution in [3.63, 3.8) is 0 Å². The fourth-order valence-electron chi connectivity index (χ4n) is 3.20. The van der Waals surface area contributed by atoms with Crippen LogP contribution < -0.4 is 5.32 Å². The molecule has 3 heterocycles. The van der Waals surface area contributed by atoms with E-state index in [1.807, 2.05) is 11.7 Å². The van der Waals surface area contributed by atoms with Gasteiger partial charge >= 0.3 is 0 Å². The van der Waals surface area contributed by atoms with Crippen molar-refractivity contribution in [3.8, 4) is 0 Å². The third-order valence-electron chi connectivity index (χ3n) is 4.44. The fourth-order valence-corrected chi connectivity index (χ4v) is 4.02. The Bertz CT molecular complexity index is 600. The van der Waals surface area contributed by atoms with Gasteiger partial charge in [0, 0.05) is 42.8 Å². The van der Waals surface area contributed by atoms with Crippen LogP contribution in [0.3, 0.4) is 0 Å². The highest BCUT2D eigenvalue weighted by molar-refractivity contribution is 7.09. The summed E-state index contributed by atoms with van der Waals surface area (Å²) < 4.78 is 2.06. The lowest BCUT2D eigenvalue weighted by atomic mass is 10.1. The molecule has 1 aliphatic heterocycles. The van der Waals surface area contributed by atoms with Crippen LogP contribution in [0.1, 0.15) is 35.9 Å². The minimum Gasteiger partial charge on any atom is -0.316 e. The monoisotopic (exact) mass is 333 g/mol. The van der Waals surface area contributed by atoms with E-state index in [1.165, 1.54) is 22.6 Å². The molecule has 0 aliphatic carbocycles. The van der Waals surface area contributed by atoms with Gasteiger partial charge < -0.3 is 5.32 Å². The molecule has 5 nitrogen and oxygen atoms in total. The molecule has 0 spiro atoms. The number of hydrogen-bond donors (Lipinski definition) is 1. The largest absolute Gasteiger partial charge is 0.316 e. The minimum atomic E-state index is 0.758. The maximum Gasteiger partial charge on any atom is 0.0798 e. The molecule has 0 saturated carbocycles. The lowest BCUT2D eigenvalue weighted by Crippen LogP contribution is -2.29. The lowest BCUT2D eigenvalue weighted by Gasteiger charge is -2.24. The quantitative estimate of drug-likeness (QED) is 0.807. The van der Waals surface area contributed by atoms with Gasteiger partial charge in [0.05, 0.1) is 17.4 Å². The highest BCUT2D eigenvalue weighted by atomic mass is 32.1. The van der Waals surface area contributed by atoms with Gasteiger partial charge in [0.25, 0.3) is 0 Å². The second-order valence-corrected chi connectivity index (χ2v) is 7.44. The van der Waals surface area contributed by atoms with E-state index in [0.717, 1.165) is 51.6 Å². The third-order valence-corrected chi connectivity index (χ3v) is 5.36. The summed E-state index contributed by atoms with van der Waals surface area (Å²) in [5, 5.41) is 7.95. The van der Waals surface area contributed by atoms with Gasteiger partial charge in [-0.3, -0.25) is 9.58 Å². The van der Waals surface area contributed by atoms with Crippen LogP contribution in [0.4, 0.5) is 0 Å². The van der Waals surface area contributed by atoms with Crippen molar-refractivity contribution in [2.24, 2.45) is 5.92 Å². The van der Waals surface area contributed by atoms with Gasteiger partial charge in [0.2, 0.25) is 0 Å². The van der Waals surface area contributed by atoms with Gasteiger partial charge in [-0.2, -0.15) is 5.10 Å². The topological polar surface area (TPSA) is 46.0 Å². The average Bonchev–Trinajstić information content (AvgIpc) is 3.25. The molecule has 126 valence electrons. The second kappa shape index (κ2) is 8.04. The van der Waals surface area contributed by atoms with E-state index in [4.69, 9.17) is 0 Å². The molecule has 1 atom stereocenters. The molecular weight excluding hydrogens is 306 g/mol. The van der Waals surface area contributed by atoms with E-state index in [1.54, 1.807) is 11.3 Å². The van der Waals surface area contributed by atoms with Crippen LogP contribution in [0.2, 0.25) is 0 Å². The molecule has 6 heteroatoms. The SMILES string of the molecule is CCCn1cc(CN(Cc2scnc2C)C[C@@H]2CCNC2)cn1. The van der Waals surface area contributed by atoms with Gasteiger partial charge in [0.15, 0.2) is 0 Å². The number of thiazole rings is 1. The molecule has 3 rings (SSSR count). The van der Waals surface area contributed by atoms with Crippen LogP contribution in [-0.2, 0) is 19.6 Å². The Hall–Kier alpha value is -1.24. The molecule has 1 N–H and O–H groups in total. The molecule has 2 aromatic heterocycles. The van der Waals surface area contributed by atoms with Crippen molar-refractivity contribution < 1.29 is 0 Å². The molecular formula is C17H27N5S. The summed E-state index contributed by atoms with van der Waals surface area (Å²) >= 11 is 1.77. The molecule has 23 heavy (non-hydrogen) atoms. The first-order valence-electron chi connectivity index (χ1n) is 8.58. The summed E-state index contributed by atoms with van der Waals surface area (Å²) in [6, 6.07) is 0. The molecule has 0 bridgehead atoms. The first kappa shape index (κ1) is 16.6. The third kappa shape index (κ3) is 4.62.